The molecule has 2 unspecified atom stereocenters. The highest BCUT2D eigenvalue weighted by Gasteiger charge is 2.29. The molecule has 1 heterocycles. The molecule has 92 valence electrons. The second-order valence-corrected chi connectivity index (χ2v) is 6.98. The van der Waals surface area contributed by atoms with Gasteiger partial charge in [-0.1, -0.05) is 6.92 Å². The predicted molar refractivity (Wildman–Crippen MR) is 73.6 cm³/mol. The van der Waals surface area contributed by atoms with E-state index in [0.717, 1.165) is 17.1 Å². The quantitative estimate of drug-likeness (QED) is 0.765. The molecule has 17 heavy (non-hydrogen) atoms. The van der Waals surface area contributed by atoms with Gasteiger partial charge in [-0.3, -0.25) is 4.79 Å². The number of carbonyl (C=O) groups excluding carboxylic acids is 1. The third kappa shape index (κ3) is 3.05. The zero-order valence-electron chi connectivity index (χ0n) is 9.90. The topological polar surface area (TPSA) is 17.1 Å². The zero-order valence-corrected chi connectivity index (χ0v) is 11.5. The number of rotatable bonds is 2. The minimum absolute atomic E-state index is 0.0325. The SMILES string of the molecule is Cc1cc(F)cc(C(=O)C2SCCSC2C)c1. The van der Waals surface area contributed by atoms with Crippen molar-refractivity contribution in [1.82, 2.24) is 0 Å². The average molecular weight is 270 g/mol. The minimum atomic E-state index is -0.325. The molecule has 1 fully saturated rings. The van der Waals surface area contributed by atoms with Gasteiger partial charge in [0.25, 0.3) is 0 Å². The van der Waals surface area contributed by atoms with E-state index in [0.29, 0.717) is 10.8 Å². The van der Waals surface area contributed by atoms with Gasteiger partial charge in [0.2, 0.25) is 0 Å². The zero-order chi connectivity index (χ0) is 12.4. The van der Waals surface area contributed by atoms with E-state index >= 15 is 0 Å². The van der Waals surface area contributed by atoms with E-state index in [-0.39, 0.29) is 16.9 Å². The van der Waals surface area contributed by atoms with E-state index in [1.54, 1.807) is 17.8 Å². The predicted octanol–water partition coefficient (Wildman–Crippen LogP) is 3.55. The van der Waals surface area contributed by atoms with Crippen LogP contribution in [0.15, 0.2) is 18.2 Å². The van der Waals surface area contributed by atoms with Crippen molar-refractivity contribution in [3.63, 3.8) is 0 Å². The lowest BCUT2D eigenvalue weighted by atomic mass is 10.0. The Labute approximate surface area is 110 Å². The summed E-state index contributed by atoms with van der Waals surface area (Å²) in [6.07, 6.45) is 0. The Kier molecular flexibility index (Phi) is 4.15. The van der Waals surface area contributed by atoms with Crippen LogP contribution in [0.5, 0.6) is 0 Å². The Morgan fingerprint density at radius 3 is 2.65 bits per heavy atom. The number of benzene rings is 1. The van der Waals surface area contributed by atoms with Crippen molar-refractivity contribution in [2.45, 2.75) is 24.3 Å². The molecule has 1 aromatic rings. The molecule has 0 saturated carbocycles. The molecule has 0 N–H and O–H groups in total. The molecule has 1 aliphatic rings. The van der Waals surface area contributed by atoms with Crippen molar-refractivity contribution < 1.29 is 9.18 Å². The Bertz CT molecular complexity index is 413. The van der Waals surface area contributed by atoms with Crippen LogP contribution in [0.3, 0.4) is 0 Å². The van der Waals surface area contributed by atoms with Crippen LogP contribution in [0.25, 0.3) is 0 Å². The van der Waals surface area contributed by atoms with Crippen LogP contribution >= 0.6 is 23.5 Å². The summed E-state index contributed by atoms with van der Waals surface area (Å²) < 4.78 is 13.3. The van der Waals surface area contributed by atoms with E-state index < -0.39 is 0 Å². The molecular formula is C13H15FOS2. The number of thioether (sulfide) groups is 2. The fourth-order valence-electron chi connectivity index (χ4n) is 1.96. The molecule has 0 bridgehead atoms. The fraction of sp³-hybridized carbons (Fsp3) is 0.462. The summed E-state index contributed by atoms with van der Waals surface area (Å²) in [4.78, 5) is 12.3. The van der Waals surface area contributed by atoms with Gasteiger partial charge in [0.15, 0.2) is 5.78 Å². The summed E-state index contributed by atoms with van der Waals surface area (Å²) in [5.41, 5.74) is 1.31. The first-order valence-corrected chi connectivity index (χ1v) is 7.72. The van der Waals surface area contributed by atoms with Gasteiger partial charge in [0.1, 0.15) is 5.82 Å². The summed E-state index contributed by atoms with van der Waals surface area (Å²) in [5, 5.41) is 0.278. The smallest absolute Gasteiger partial charge is 0.177 e. The lowest BCUT2D eigenvalue weighted by Crippen LogP contribution is -2.31. The standard InChI is InChI=1S/C13H15FOS2/c1-8-5-10(7-11(14)6-8)12(15)13-9(2)16-3-4-17-13/h5-7,9,13H,3-4H2,1-2H3. The summed E-state index contributed by atoms with van der Waals surface area (Å²) >= 11 is 3.52. The van der Waals surface area contributed by atoms with E-state index in [1.165, 1.54) is 12.1 Å². The molecule has 0 radical (unpaired) electrons. The minimum Gasteiger partial charge on any atom is -0.293 e. The van der Waals surface area contributed by atoms with E-state index in [4.69, 9.17) is 0 Å². The Hall–Kier alpha value is -0.480. The Morgan fingerprint density at radius 1 is 1.29 bits per heavy atom. The van der Waals surface area contributed by atoms with Crippen LogP contribution in [-0.4, -0.2) is 27.8 Å². The number of halogens is 1. The van der Waals surface area contributed by atoms with E-state index in [2.05, 4.69) is 6.92 Å². The molecule has 4 heteroatoms. The van der Waals surface area contributed by atoms with Gasteiger partial charge >= 0.3 is 0 Å². The van der Waals surface area contributed by atoms with Gasteiger partial charge in [-0.25, -0.2) is 4.39 Å². The van der Waals surface area contributed by atoms with Gasteiger partial charge < -0.3 is 0 Å². The van der Waals surface area contributed by atoms with E-state index in [1.807, 2.05) is 18.7 Å². The third-order valence-corrected chi connectivity index (χ3v) is 5.86. The maximum Gasteiger partial charge on any atom is 0.177 e. The molecule has 1 saturated heterocycles. The van der Waals surface area contributed by atoms with Gasteiger partial charge in [-0.2, -0.15) is 11.8 Å². The van der Waals surface area contributed by atoms with Crippen molar-refractivity contribution in [3.8, 4) is 0 Å². The lowest BCUT2D eigenvalue weighted by molar-refractivity contribution is 0.0989. The van der Waals surface area contributed by atoms with Gasteiger partial charge in [-0.15, -0.1) is 11.8 Å². The molecule has 0 amide bonds. The van der Waals surface area contributed by atoms with Gasteiger partial charge in [0.05, 0.1) is 5.25 Å². The molecule has 0 spiro atoms. The number of Topliss-reactive ketones (excluding diaryl/α,β-unsaturated/α-hetero) is 1. The number of ketones is 1. The summed E-state index contributed by atoms with van der Waals surface area (Å²) in [6.45, 7) is 3.89. The summed E-state index contributed by atoms with van der Waals surface area (Å²) in [6, 6.07) is 4.57. The maximum atomic E-state index is 13.3. The first kappa shape index (κ1) is 13.0. The normalized spacial score (nSPS) is 24.6. The van der Waals surface area contributed by atoms with Gasteiger partial charge in [0, 0.05) is 22.3 Å². The maximum absolute atomic E-state index is 13.3. The molecule has 2 rings (SSSR count). The highest BCUT2D eigenvalue weighted by Crippen LogP contribution is 2.33. The lowest BCUT2D eigenvalue weighted by Gasteiger charge is -2.26. The number of hydrogen-bond acceptors (Lipinski definition) is 3. The second kappa shape index (κ2) is 5.44. The number of hydrogen-bond donors (Lipinski definition) is 0. The first-order chi connectivity index (χ1) is 8.08. The Balaban J connectivity index is 2.23. The first-order valence-electron chi connectivity index (χ1n) is 5.62. The third-order valence-electron chi connectivity index (χ3n) is 2.77. The largest absolute Gasteiger partial charge is 0.293 e. The van der Waals surface area contributed by atoms with Gasteiger partial charge in [-0.05, 0) is 30.7 Å². The molecule has 1 aromatic carbocycles. The van der Waals surface area contributed by atoms with E-state index in [9.17, 15) is 9.18 Å². The Morgan fingerprint density at radius 2 is 2.00 bits per heavy atom. The second-order valence-electron chi connectivity index (χ2n) is 4.25. The van der Waals surface area contributed by atoms with Crippen LogP contribution in [0.2, 0.25) is 0 Å². The molecular weight excluding hydrogens is 255 g/mol. The van der Waals surface area contributed by atoms with Crippen LogP contribution < -0.4 is 0 Å². The van der Waals surface area contributed by atoms with Crippen LogP contribution in [-0.2, 0) is 0 Å². The molecule has 0 aliphatic carbocycles. The van der Waals surface area contributed by atoms with Crippen LogP contribution in [0.1, 0.15) is 22.8 Å². The van der Waals surface area contributed by atoms with Crippen LogP contribution in [0.4, 0.5) is 4.39 Å². The molecule has 1 nitrogen and oxygen atoms in total. The van der Waals surface area contributed by atoms with Crippen molar-refractivity contribution in [2.24, 2.45) is 0 Å². The molecule has 0 aromatic heterocycles. The van der Waals surface area contributed by atoms with Crippen molar-refractivity contribution in [2.75, 3.05) is 11.5 Å². The monoisotopic (exact) mass is 270 g/mol. The number of aryl methyl sites for hydroxylation is 1. The highest BCUT2D eigenvalue weighted by molar-refractivity contribution is 8.07. The van der Waals surface area contributed by atoms with Crippen LogP contribution in [0, 0.1) is 12.7 Å². The van der Waals surface area contributed by atoms with Crippen molar-refractivity contribution in [1.29, 1.82) is 0 Å². The number of carbonyl (C=O) groups is 1. The highest BCUT2D eigenvalue weighted by atomic mass is 32.2. The fourth-order valence-corrected chi connectivity index (χ4v) is 4.69. The summed E-state index contributed by atoms with van der Waals surface area (Å²) in [7, 11) is 0. The molecule has 2 atom stereocenters. The van der Waals surface area contributed by atoms with Crippen molar-refractivity contribution in [3.05, 3.63) is 35.1 Å². The summed E-state index contributed by atoms with van der Waals surface area (Å²) in [5.74, 6) is 1.84. The van der Waals surface area contributed by atoms with Crippen molar-refractivity contribution >= 4 is 29.3 Å². The molecule has 1 aliphatic heterocycles. The average Bonchev–Trinajstić information content (AvgIpc) is 2.27.